The lowest BCUT2D eigenvalue weighted by molar-refractivity contribution is -0.117. The minimum Gasteiger partial charge on any atom is -0.490 e. The molecule has 0 bridgehead atoms. The normalized spacial score (nSPS) is 15.0. The molecule has 1 aliphatic rings. The van der Waals surface area contributed by atoms with Crippen molar-refractivity contribution in [3.63, 3.8) is 0 Å². The van der Waals surface area contributed by atoms with Gasteiger partial charge in [0.1, 0.15) is 24.5 Å². The number of nitrogens with zero attached hydrogens (tertiary/aromatic N) is 1. The van der Waals surface area contributed by atoms with Crippen molar-refractivity contribution in [1.82, 2.24) is 5.43 Å². The van der Waals surface area contributed by atoms with Crippen molar-refractivity contribution >= 4 is 23.6 Å². The summed E-state index contributed by atoms with van der Waals surface area (Å²) in [7, 11) is 0. The van der Waals surface area contributed by atoms with Crippen LogP contribution in [0.25, 0.3) is 6.08 Å². The van der Waals surface area contributed by atoms with E-state index in [1.54, 1.807) is 48.5 Å². The predicted molar refractivity (Wildman–Crippen MR) is 144 cm³/mol. The van der Waals surface area contributed by atoms with Crippen molar-refractivity contribution in [2.75, 3.05) is 24.8 Å². The molecule has 0 radical (unpaired) electrons. The second-order valence-electron chi connectivity index (χ2n) is 8.69. The standard InChI is InChI=1S/C30H32N2O5/c1-4-21(3)23-12-14-25(15-13-23)36-17-18-37-27-16-11-22(20-28(27)35-5-2)19-26-29(33)31-32(30(26)34)24-9-7-6-8-10-24/h6-16,19-21H,4-5,17-18H2,1-3H3,(H,31,33)/b26-19+/t21-/m1/s1. The zero-order valence-corrected chi connectivity index (χ0v) is 21.4. The van der Waals surface area contributed by atoms with Crippen molar-refractivity contribution in [3.05, 3.63) is 89.5 Å². The Morgan fingerprint density at radius 3 is 2.30 bits per heavy atom. The smallest absolute Gasteiger partial charge is 0.282 e. The van der Waals surface area contributed by atoms with Crippen LogP contribution in [0.2, 0.25) is 0 Å². The first kappa shape index (κ1) is 25.8. The summed E-state index contributed by atoms with van der Waals surface area (Å²) in [6, 6.07) is 22.4. The Hall–Kier alpha value is -4.26. The predicted octanol–water partition coefficient (Wildman–Crippen LogP) is 5.52. The molecule has 3 aromatic rings. The van der Waals surface area contributed by atoms with Crippen molar-refractivity contribution in [2.45, 2.75) is 33.1 Å². The molecule has 192 valence electrons. The van der Waals surface area contributed by atoms with Gasteiger partial charge in [-0.25, -0.2) is 5.01 Å². The summed E-state index contributed by atoms with van der Waals surface area (Å²) < 4.78 is 17.5. The summed E-state index contributed by atoms with van der Waals surface area (Å²) in [6.45, 7) is 7.42. The highest BCUT2D eigenvalue weighted by Gasteiger charge is 2.34. The van der Waals surface area contributed by atoms with Gasteiger partial charge in [-0.15, -0.1) is 0 Å². The van der Waals surface area contributed by atoms with Crippen LogP contribution in [-0.2, 0) is 9.59 Å². The van der Waals surface area contributed by atoms with Crippen molar-refractivity contribution < 1.29 is 23.8 Å². The van der Waals surface area contributed by atoms with Gasteiger partial charge in [0.05, 0.1) is 12.3 Å². The van der Waals surface area contributed by atoms with Crippen LogP contribution in [0, 0.1) is 0 Å². The largest absolute Gasteiger partial charge is 0.490 e. The third-order valence-corrected chi connectivity index (χ3v) is 6.16. The molecule has 37 heavy (non-hydrogen) atoms. The molecule has 1 saturated heterocycles. The summed E-state index contributed by atoms with van der Waals surface area (Å²) >= 11 is 0. The summed E-state index contributed by atoms with van der Waals surface area (Å²) in [5.41, 5.74) is 5.20. The molecule has 7 heteroatoms. The number of nitrogens with one attached hydrogen (secondary N) is 1. The van der Waals surface area contributed by atoms with Crippen LogP contribution < -0.4 is 24.6 Å². The highest BCUT2D eigenvalue weighted by atomic mass is 16.5. The molecule has 3 aromatic carbocycles. The third-order valence-electron chi connectivity index (χ3n) is 6.16. The fourth-order valence-corrected chi connectivity index (χ4v) is 3.92. The second-order valence-corrected chi connectivity index (χ2v) is 8.69. The number of hydrogen-bond donors (Lipinski definition) is 1. The zero-order chi connectivity index (χ0) is 26.2. The monoisotopic (exact) mass is 500 g/mol. The summed E-state index contributed by atoms with van der Waals surface area (Å²) in [5.74, 6) is 1.54. The molecule has 4 rings (SSSR count). The van der Waals surface area contributed by atoms with E-state index in [0.29, 0.717) is 48.5 Å². The van der Waals surface area contributed by atoms with E-state index in [9.17, 15) is 9.59 Å². The lowest BCUT2D eigenvalue weighted by atomic mass is 9.99. The summed E-state index contributed by atoms with van der Waals surface area (Å²) in [6.07, 6.45) is 2.65. The number of carbonyl (C=O) groups excluding carboxylic acids is 2. The van der Waals surface area contributed by atoms with Crippen molar-refractivity contribution in [2.24, 2.45) is 0 Å². The fraction of sp³-hybridized carbons (Fsp3) is 0.267. The molecule has 7 nitrogen and oxygen atoms in total. The minimum absolute atomic E-state index is 0.0488. The average Bonchev–Trinajstić information content (AvgIpc) is 3.21. The van der Waals surface area contributed by atoms with Crippen LogP contribution in [0.3, 0.4) is 0 Å². The Morgan fingerprint density at radius 2 is 1.59 bits per heavy atom. The van der Waals surface area contributed by atoms with E-state index in [4.69, 9.17) is 14.2 Å². The molecule has 0 saturated carbocycles. The highest BCUT2D eigenvalue weighted by molar-refractivity contribution is 6.31. The second kappa shape index (κ2) is 12.1. The number of hydrazine groups is 1. The molecule has 1 atom stereocenters. The Bertz CT molecular complexity index is 1250. The molecule has 2 amide bonds. The van der Waals surface area contributed by atoms with Crippen LogP contribution in [-0.4, -0.2) is 31.6 Å². The van der Waals surface area contributed by atoms with Crippen LogP contribution >= 0.6 is 0 Å². The van der Waals surface area contributed by atoms with Gasteiger partial charge >= 0.3 is 0 Å². The van der Waals surface area contributed by atoms with E-state index < -0.39 is 11.8 Å². The molecule has 0 spiro atoms. The maximum Gasteiger partial charge on any atom is 0.282 e. The van der Waals surface area contributed by atoms with E-state index in [0.717, 1.165) is 12.2 Å². The van der Waals surface area contributed by atoms with Crippen LogP contribution in [0.15, 0.2) is 78.4 Å². The first-order chi connectivity index (χ1) is 18.0. The molecule has 0 aliphatic carbocycles. The number of carbonyl (C=O) groups is 2. The number of benzene rings is 3. The number of amides is 2. The SMILES string of the molecule is CCOc1cc(/C=C2\C(=O)NN(c3ccccc3)C2=O)ccc1OCCOc1ccc([C@H](C)CC)cc1. The van der Waals surface area contributed by atoms with Gasteiger partial charge in [-0.3, -0.25) is 15.0 Å². The molecular weight excluding hydrogens is 468 g/mol. The van der Waals surface area contributed by atoms with Gasteiger partial charge in [0.25, 0.3) is 11.8 Å². The minimum atomic E-state index is -0.457. The maximum absolute atomic E-state index is 12.9. The van der Waals surface area contributed by atoms with E-state index in [-0.39, 0.29) is 5.57 Å². The molecule has 1 heterocycles. The van der Waals surface area contributed by atoms with Gasteiger partial charge < -0.3 is 14.2 Å². The number of ether oxygens (including phenoxy) is 3. The number of anilines is 1. The Morgan fingerprint density at radius 1 is 0.865 bits per heavy atom. The summed E-state index contributed by atoms with van der Waals surface area (Å²) in [5, 5.41) is 1.24. The highest BCUT2D eigenvalue weighted by Crippen LogP contribution is 2.30. The fourth-order valence-electron chi connectivity index (χ4n) is 3.92. The Kier molecular flexibility index (Phi) is 8.46. The molecule has 1 N–H and O–H groups in total. The van der Waals surface area contributed by atoms with Crippen LogP contribution in [0.4, 0.5) is 5.69 Å². The molecule has 0 aromatic heterocycles. The van der Waals surface area contributed by atoms with Gasteiger partial charge in [-0.2, -0.15) is 0 Å². The number of rotatable bonds is 11. The average molecular weight is 501 g/mol. The Balaban J connectivity index is 1.39. The molecular formula is C30H32N2O5. The maximum atomic E-state index is 12.9. The molecule has 0 unspecified atom stereocenters. The molecule has 1 aliphatic heterocycles. The Labute approximate surface area is 217 Å². The van der Waals surface area contributed by atoms with E-state index >= 15 is 0 Å². The van der Waals surface area contributed by atoms with Gasteiger partial charge in [-0.05, 0) is 72.9 Å². The van der Waals surface area contributed by atoms with E-state index in [1.807, 2.05) is 25.1 Å². The van der Waals surface area contributed by atoms with Crippen molar-refractivity contribution in [3.8, 4) is 17.2 Å². The number of hydrogen-bond acceptors (Lipinski definition) is 5. The van der Waals surface area contributed by atoms with Gasteiger partial charge in [0, 0.05) is 0 Å². The van der Waals surface area contributed by atoms with E-state index in [2.05, 4.69) is 31.4 Å². The van der Waals surface area contributed by atoms with Crippen LogP contribution in [0.5, 0.6) is 17.2 Å². The zero-order valence-electron chi connectivity index (χ0n) is 21.4. The van der Waals surface area contributed by atoms with Crippen molar-refractivity contribution in [1.29, 1.82) is 0 Å². The quantitative estimate of drug-likeness (QED) is 0.213. The number of para-hydroxylation sites is 1. The van der Waals surface area contributed by atoms with Gasteiger partial charge in [-0.1, -0.05) is 50.2 Å². The van der Waals surface area contributed by atoms with E-state index in [1.165, 1.54) is 10.6 Å². The molecule has 1 fully saturated rings. The first-order valence-corrected chi connectivity index (χ1v) is 12.5. The lowest BCUT2D eigenvalue weighted by Gasteiger charge is -2.14. The first-order valence-electron chi connectivity index (χ1n) is 12.5. The van der Waals surface area contributed by atoms with Crippen LogP contribution in [0.1, 0.15) is 44.2 Å². The van der Waals surface area contributed by atoms with Gasteiger partial charge in [0.15, 0.2) is 11.5 Å². The lowest BCUT2D eigenvalue weighted by Crippen LogP contribution is -2.35. The summed E-state index contributed by atoms with van der Waals surface area (Å²) in [4.78, 5) is 25.4. The third kappa shape index (κ3) is 6.30. The topological polar surface area (TPSA) is 77.1 Å². The van der Waals surface area contributed by atoms with Gasteiger partial charge in [0.2, 0.25) is 0 Å².